The number of aldehydes is 1. The number of hydrogen-bond donors (Lipinski definition) is 5. The van der Waals surface area contributed by atoms with Crippen molar-refractivity contribution in [1.82, 2.24) is 15.5 Å². The van der Waals surface area contributed by atoms with Gasteiger partial charge >= 0.3 is 12.1 Å². The van der Waals surface area contributed by atoms with Crippen LogP contribution in [-0.4, -0.2) is 84.8 Å². The van der Waals surface area contributed by atoms with Crippen molar-refractivity contribution in [2.75, 3.05) is 33.4 Å². The molecule has 6 N–H and O–H groups in total. The van der Waals surface area contributed by atoms with Crippen LogP contribution in [-0.2, 0) is 14.3 Å². The van der Waals surface area contributed by atoms with Crippen LogP contribution < -0.4 is 16.4 Å². The third-order valence-electron chi connectivity index (χ3n) is 4.02. The second-order valence-corrected chi connectivity index (χ2v) is 5.96. The topological polar surface area (TPSA) is 163 Å². The number of hydrogen-bond acceptors (Lipinski definition) is 8. The van der Waals surface area contributed by atoms with Gasteiger partial charge in [-0.15, -0.1) is 0 Å². The molecular weight excluding hydrogens is 360 g/mol. The molecule has 1 rings (SSSR count). The van der Waals surface area contributed by atoms with E-state index < -0.39 is 43.3 Å². The molecule has 1 saturated heterocycles. The van der Waals surface area contributed by atoms with Gasteiger partial charge in [0.15, 0.2) is 5.72 Å². The minimum Gasteiger partial charge on any atom is -0.444 e. The van der Waals surface area contributed by atoms with E-state index >= 15 is 0 Å². The monoisotopic (exact) mass is 388 g/mol. The number of carbonyl (C=O) groups is 3. The summed E-state index contributed by atoms with van der Waals surface area (Å²) in [7, 11) is 1.37. The number of nitrogens with two attached hydrogens (primary N) is 1. The van der Waals surface area contributed by atoms with E-state index in [1.807, 2.05) is 0 Å². The van der Waals surface area contributed by atoms with Crippen molar-refractivity contribution in [1.29, 1.82) is 0 Å². The molecule has 1 heterocycles. The van der Waals surface area contributed by atoms with E-state index in [0.717, 1.165) is 23.6 Å². The van der Waals surface area contributed by atoms with Gasteiger partial charge in [0.05, 0.1) is 12.7 Å². The van der Waals surface area contributed by atoms with Crippen LogP contribution in [0.2, 0.25) is 0 Å². The number of urea groups is 1. The third-order valence-corrected chi connectivity index (χ3v) is 4.02. The van der Waals surface area contributed by atoms with Gasteiger partial charge in [-0.1, -0.05) is 0 Å². The first kappa shape index (κ1) is 22.8. The molecule has 11 nitrogen and oxygen atoms in total. The lowest BCUT2D eigenvalue weighted by Gasteiger charge is -2.37. The van der Waals surface area contributed by atoms with E-state index in [1.54, 1.807) is 0 Å². The van der Waals surface area contributed by atoms with Gasteiger partial charge in [-0.05, 0) is 25.5 Å². The Morgan fingerprint density at radius 2 is 2.19 bits per heavy atom. The second-order valence-electron chi connectivity index (χ2n) is 5.96. The largest absolute Gasteiger partial charge is 0.444 e. The number of carbonyl (C=O) groups excluding carboxylic acids is 3. The van der Waals surface area contributed by atoms with Gasteiger partial charge in [0, 0.05) is 26.2 Å². The predicted molar refractivity (Wildman–Crippen MR) is 94.5 cm³/mol. The summed E-state index contributed by atoms with van der Waals surface area (Å²) in [5, 5.41) is 24.4. The van der Waals surface area contributed by atoms with Crippen LogP contribution in [0.1, 0.15) is 19.3 Å². The molecule has 3 atom stereocenters. The van der Waals surface area contributed by atoms with Crippen LogP contribution in [0, 0.1) is 0 Å². The van der Waals surface area contributed by atoms with Gasteiger partial charge < -0.3 is 36.1 Å². The summed E-state index contributed by atoms with van der Waals surface area (Å²) >= 11 is 0. The summed E-state index contributed by atoms with van der Waals surface area (Å²) in [6, 6.07) is -0.647. The molecule has 11 heteroatoms. The van der Waals surface area contributed by atoms with E-state index in [0.29, 0.717) is 25.8 Å². The number of rotatable bonds is 10. The quantitative estimate of drug-likeness (QED) is 0.174. The van der Waals surface area contributed by atoms with Crippen molar-refractivity contribution in [2.24, 2.45) is 5.73 Å². The Morgan fingerprint density at radius 1 is 1.44 bits per heavy atom. The molecule has 27 heavy (non-hydrogen) atoms. The number of alkyl carbamates (subject to hydrolysis) is 1. The Balaban J connectivity index is 2.92. The zero-order chi connectivity index (χ0) is 20.3. The van der Waals surface area contributed by atoms with Crippen LogP contribution in [0.5, 0.6) is 0 Å². The number of ether oxygens (including phenoxy) is 2. The Morgan fingerprint density at radius 3 is 2.74 bits per heavy atom. The number of nitrogens with one attached hydrogen (secondary N) is 2. The fourth-order valence-corrected chi connectivity index (χ4v) is 2.66. The minimum atomic E-state index is -1.58. The minimum absolute atomic E-state index is 0.130. The molecule has 0 saturated carbocycles. The lowest BCUT2D eigenvalue weighted by molar-refractivity contribution is -0.147. The Hall–Kier alpha value is -2.21. The Bertz CT molecular complexity index is 531. The van der Waals surface area contributed by atoms with Crippen molar-refractivity contribution in [3.05, 3.63) is 12.3 Å². The molecular formula is C16H28N4O7. The molecule has 3 amide bonds. The van der Waals surface area contributed by atoms with Gasteiger partial charge in [0.2, 0.25) is 0 Å². The highest BCUT2D eigenvalue weighted by molar-refractivity contribution is 5.77. The number of aliphatic hydroxyl groups excluding tert-OH is 2. The van der Waals surface area contributed by atoms with Gasteiger partial charge in [0.1, 0.15) is 19.0 Å². The predicted octanol–water partition coefficient (Wildman–Crippen LogP) is -1.36. The van der Waals surface area contributed by atoms with Gasteiger partial charge in [0.25, 0.3) is 0 Å². The highest BCUT2D eigenvalue weighted by atomic mass is 16.6. The van der Waals surface area contributed by atoms with Crippen LogP contribution >= 0.6 is 0 Å². The van der Waals surface area contributed by atoms with Crippen LogP contribution in [0.15, 0.2) is 12.3 Å². The fourth-order valence-electron chi connectivity index (χ4n) is 2.66. The first-order valence-corrected chi connectivity index (χ1v) is 8.64. The number of unbranched alkanes of at least 4 members (excludes halogenated alkanes) is 1. The third kappa shape index (κ3) is 6.47. The van der Waals surface area contributed by atoms with E-state index in [-0.39, 0.29) is 6.42 Å². The van der Waals surface area contributed by atoms with E-state index in [1.165, 1.54) is 7.05 Å². The van der Waals surface area contributed by atoms with Crippen LogP contribution in [0.25, 0.3) is 0 Å². The molecule has 0 radical (unpaired) electrons. The zero-order valence-electron chi connectivity index (χ0n) is 15.3. The summed E-state index contributed by atoms with van der Waals surface area (Å²) in [6.07, 6.45) is 1.18. The molecule has 154 valence electrons. The average Bonchev–Trinajstić information content (AvgIpc) is 3.00. The number of amides is 3. The number of nitrogens with zero attached hydrogens (tertiary/aromatic N) is 1. The standard InChI is InChI=1S/C16H28N4O7/c1-18-14(24)20(7-4-8-21)16(9-12(23)13(10-22)27-16)11-26-15(25)19-6-3-2-5-17/h4,7-8,12-13,22-23H,2-3,5-6,9-11,17H2,1H3,(H,18,24)(H,19,25)/b7-4-/t12-,13+,16-/m0/s1. The highest BCUT2D eigenvalue weighted by Gasteiger charge is 2.52. The summed E-state index contributed by atoms with van der Waals surface area (Å²) in [6.45, 7) is -0.0265. The first-order valence-electron chi connectivity index (χ1n) is 8.64. The number of allylic oxidation sites excluding steroid dienone is 1. The Kier molecular flexibility index (Phi) is 9.72. The van der Waals surface area contributed by atoms with Crippen LogP contribution in [0.4, 0.5) is 9.59 Å². The van der Waals surface area contributed by atoms with E-state index in [4.69, 9.17) is 15.2 Å². The first-order chi connectivity index (χ1) is 12.9. The summed E-state index contributed by atoms with van der Waals surface area (Å²) in [4.78, 5) is 35.8. The molecule has 0 unspecified atom stereocenters. The van der Waals surface area contributed by atoms with Gasteiger partial charge in [-0.2, -0.15) is 0 Å². The van der Waals surface area contributed by atoms with E-state index in [2.05, 4.69) is 10.6 Å². The molecule has 1 fully saturated rings. The van der Waals surface area contributed by atoms with Crippen molar-refractivity contribution in [3.8, 4) is 0 Å². The lowest BCUT2D eigenvalue weighted by atomic mass is 10.1. The molecule has 0 aliphatic carbocycles. The van der Waals surface area contributed by atoms with Crippen molar-refractivity contribution in [3.63, 3.8) is 0 Å². The second kappa shape index (κ2) is 11.5. The van der Waals surface area contributed by atoms with E-state index in [9.17, 15) is 24.6 Å². The van der Waals surface area contributed by atoms with Crippen molar-refractivity contribution >= 4 is 18.4 Å². The fraction of sp³-hybridized carbons (Fsp3) is 0.688. The van der Waals surface area contributed by atoms with Crippen molar-refractivity contribution in [2.45, 2.75) is 37.2 Å². The molecule has 0 spiro atoms. The maximum absolute atomic E-state index is 12.3. The number of aliphatic hydroxyl groups is 2. The molecule has 0 aromatic heterocycles. The maximum atomic E-state index is 12.3. The molecule has 0 aromatic rings. The molecule has 0 aromatic carbocycles. The highest BCUT2D eigenvalue weighted by Crippen LogP contribution is 2.35. The van der Waals surface area contributed by atoms with Gasteiger partial charge in [-0.25, -0.2) is 9.59 Å². The molecule has 0 bridgehead atoms. The van der Waals surface area contributed by atoms with Crippen LogP contribution in [0.3, 0.4) is 0 Å². The normalized spacial score (nSPS) is 24.6. The average molecular weight is 388 g/mol. The summed E-state index contributed by atoms with van der Waals surface area (Å²) in [5.41, 5.74) is 3.80. The Labute approximate surface area is 157 Å². The van der Waals surface area contributed by atoms with Crippen molar-refractivity contribution < 1.29 is 34.1 Å². The van der Waals surface area contributed by atoms with Gasteiger partial charge in [-0.3, -0.25) is 9.69 Å². The lowest BCUT2D eigenvalue weighted by Crippen LogP contribution is -2.55. The smallest absolute Gasteiger partial charge is 0.407 e. The maximum Gasteiger partial charge on any atom is 0.407 e. The zero-order valence-corrected chi connectivity index (χ0v) is 15.3. The molecule has 1 aliphatic heterocycles. The molecule has 1 aliphatic rings. The SMILES string of the molecule is CNC(=O)N(/C=C\C=O)[C@@]1(COC(=O)NCCCCN)C[C@H](O)[C@@H](CO)O1. The summed E-state index contributed by atoms with van der Waals surface area (Å²) < 4.78 is 10.8. The summed E-state index contributed by atoms with van der Waals surface area (Å²) in [5.74, 6) is 0.